The topological polar surface area (TPSA) is 89.9 Å². The first-order valence-electron chi connectivity index (χ1n) is 8.79. The van der Waals surface area contributed by atoms with E-state index in [2.05, 4.69) is 25.5 Å². The Balaban J connectivity index is 1.73. The second-order valence-corrected chi connectivity index (χ2v) is 8.23. The number of anilines is 1. The molecule has 0 fully saturated rings. The van der Waals surface area contributed by atoms with Crippen molar-refractivity contribution in [1.82, 2.24) is 20.2 Å². The highest BCUT2D eigenvalue weighted by molar-refractivity contribution is 8.00. The van der Waals surface area contributed by atoms with E-state index in [9.17, 15) is 4.79 Å². The monoisotopic (exact) mass is 415 g/mol. The molecule has 2 aromatic heterocycles. The summed E-state index contributed by atoms with van der Waals surface area (Å²) < 4.78 is 5.03. The van der Waals surface area contributed by atoms with E-state index < -0.39 is 0 Å². The summed E-state index contributed by atoms with van der Waals surface area (Å²) in [5.41, 5.74) is 1.87. The highest BCUT2D eigenvalue weighted by atomic mass is 32.2. The average molecular weight is 416 g/mol. The molecule has 1 aromatic carbocycles. The highest BCUT2D eigenvalue weighted by Crippen LogP contribution is 2.28. The maximum Gasteiger partial charge on any atom is 0.239 e. The number of rotatable bonds is 8. The van der Waals surface area contributed by atoms with Crippen molar-refractivity contribution in [2.45, 2.75) is 37.2 Å². The minimum atomic E-state index is -0.298. The number of hydrogen-bond acceptors (Lipinski definition) is 8. The Hall–Kier alpha value is -2.36. The molecule has 0 bridgehead atoms. The van der Waals surface area contributed by atoms with Crippen LogP contribution in [0.3, 0.4) is 0 Å². The number of methoxy groups -OCH3 is 1. The van der Waals surface area contributed by atoms with Crippen LogP contribution in [0.15, 0.2) is 41.4 Å². The third-order valence-corrected chi connectivity index (χ3v) is 5.87. The van der Waals surface area contributed by atoms with Crippen molar-refractivity contribution in [3.8, 4) is 11.3 Å². The zero-order chi connectivity index (χ0) is 19.9. The summed E-state index contributed by atoms with van der Waals surface area (Å²) in [5, 5.41) is 12.5. The van der Waals surface area contributed by atoms with E-state index in [4.69, 9.17) is 4.74 Å². The second-order valence-electron chi connectivity index (χ2n) is 5.94. The Morgan fingerprint density at radius 3 is 2.75 bits per heavy atom. The summed E-state index contributed by atoms with van der Waals surface area (Å²) in [6.45, 7) is 4.21. The van der Waals surface area contributed by atoms with Gasteiger partial charge in [0.15, 0.2) is 0 Å². The predicted molar refractivity (Wildman–Crippen MR) is 111 cm³/mol. The quantitative estimate of drug-likeness (QED) is 0.440. The van der Waals surface area contributed by atoms with Gasteiger partial charge < -0.3 is 4.74 Å². The number of aryl methyl sites for hydroxylation is 1. The molecule has 3 rings (SSSR count). The lowest BCUT2D eigenvalue weighted by atomic mass is 10.1. The van der Waals surface area contributed by atoms with Crippen LogP contribution in [-0.2, 0) is 16.1 Å². The van der Waals surface area contributed by atoms with Gasteiger partial charge in [-0.05, 0) is 19.4 Å². The molecule has 0 radical (unpaired) electrons. The zero-order valence-electron chi connectivity index (χ0n) is 15.9. The number of ether oxygens (including phenoxy) is 1. The van der Waals surface area contributed by atoms with Crippen LogP contribution >= 0.6 is 23.1 Å². The fraction of sp³-hybridized carbons (Fsp3) is 0.316. The average Bonchev–Trinajstić information content (AvgIpc) is 3.13. The maximum atomic E-state index is 12.7. The molecule has 28 heavy (non-hydrogen) atoms. The molecule has 1 N–H and O–H groups in total. The molecule has 7 nitrogen and oxygen atoms in total. The molecular weight excluding hydrogens is 394 g/mol. The van der Waals surface area contributed by atoms with Crippen LogP contribution in [0.25, 0.3) is 11.3 Å². The van der Waals surface area contributed by atoms with Crippen molar-refractivity contribution in [3.63, 3.8) is 0 Å². The molecule has 0 saturated heterocycles. The van der Waals surface area contributed by atoms with Gasteiger partial charge in [-0.15, -0.1) is 10.2 Å². The predicted octanol–water partition coefficient (Wildman–Crippen LogP) is 3.96. The number of nitrogens with one attached hydrogen (secondary N) is 1. The number of thioether (sulfide) groups is 1. The first-order chi connectivity index (χ1) is 13.6. The molecule has 3 aromatic rings. The first kappa shape index (κ1) is 20.4. The molecule has 0 spiro atoms. The molecule has 1 amide bonds. The lowest BCUT2D eigenvalue weighted by molar-refractivity contribution is -0.115. The molecule has 2 heterocycles. The number of carbonyl (C=O) groups excluding carboxylic acids is 1. The molecule has 0 saturated carbocycles. The van der Waals surface area contributed by atoms with Crippen LogP contribution in [0.4, 0.5) is 5.13 Å². The van der Waals surface area contributed by atoms with Crippen molar-refractivity contribution >= 4 is 34.1 Å². The van der Waals surface area contributed by atoms with Crippen molar-refractivity contribution < 1.29 is 9.53 Å². The Labute approximate surface area is 172 Å². The van der Waals surface area contributed by atoms with Gasteiger partial charge in [-0.25, -0.2) is 9.97 Å². The van der Waals surface area contributed by atoms with E-state index in [-0.39, 0.29) is 11.2 Å². The van der Waals surface area contributed by atoms with Crippen LogP contribution in [0.5, 0.6) is 0 Å². The summed E-state index contributed by atoms with van der Waals surface area (Å²) in [7, 11) is 1.59. The normalized spacial score (nSPS) is 12.0. The fourth-order valence-corrected chi connectivity index (χ4v) is 4.20. The molecule has 0 aliphatic carbocycles. The number of aromatic nitrogens is 4. The van der Waals surface area contributed by atoms with E-state index >= 15 is 0 Å². The van der Waals surface area contributed by atoms with Crippen molar-refractivity contribution in [1.29, 1.82) is 0 Å². The lowest BCUT2D eigenvalue weighted by Gasteiger charge is -2.13. The van der Waals surface area contributed by atoms with Crippen LogP contribution in [0.2, 0.25) is 0 Å². The van der Waals surface area contributed by atoms with Gasteiger partial charge in [0, 0.05) is 12.7 Å². The SMILES string of the molecule is CCC(Sc1cc(-c2ccccc2)nc(C)n1)C(=O)Nc1nnc(COC)s1. The van der Waals surface area contributed by atoms with Gasteiger partial charge in [-0.2, -0.15) is 0 Å². The van der Waals surface area contributed by atoms with Crippen molar-refractivity contribution in [2.75, 3.05) is 12.4 Å². The Bertz CT molecular complexity index is 933. The van der Waals surface area contributed by atoms with Crippen molar-refractivity contribution in [3.05, 3.63) is 47.2 Å². The number of hydrogen-bond donors (Lipinski definition) is 1. The molecule has 1 unspecified atom stereocenters. The van der Waals surface area contributed by atoms with Gasteiger partial charge in [0.1, 0.15) is 22.5 Å². The van der Waals surface area contributed by atoms with Crippen LogP contribution in [0, 0.1) is 6.92 Å². The fourth-order valence-electron chi connectivity index (χ4n) is 2.50. The Kier molecular flexibility index (Phi) is 7.07. The van der Waals surface area contributed by atoms with E-state index in [0.29, 0.717) is 24.0 Å². The smallest absolute Gasteiger partial charge is 0.239 e. The first-order valence-corrected chi connectivity index (χ1v) is 10.5. The number of carbonyl (C=O) groups is 1. The largest absolute Gasteiger partial charge is 0.377 e. The van der Waals surface area contributed by atoms with E-state index in [1.807, 2.05) is 50.2 Å². The molecule has 9 heteroatoms. The molecular formula is C19H21N5O2S2. The summed E-state index contributed by atoms with van der Waals surface area (Å²) in [5.74, 6) is 0.553. The third-order valence-electron chi connectivity index (χ3n) is 3.78. The molecule has 0 aliphatic rings. The maximum absolute atomic E-state index is 12.7. The number of nitrogens with zero attached hydrogens (tertiary/aromatic N) is 4. The molecule has 146 valence electrons. The third kappa shape index (κ3) is 5.34. The molecule has 0 aliphatic heterocycles. The standard InChI is InChI=1S/C19H21N5O2S2/c1-4-15(18(25)22-19-24-23-17(28-19)11-26-3)27-16-10-14(20-12(2)21-16)13-8-6-5-7-9-13/h5-10,15H,4,11H2,1-3H3,(H,22,24,25). The summed E-state index contributed by atoms with van der Waals surface area (Å²) in [4.78, 5) is 21.7. The van der Waals surface area contributed by atoms with E-state index in [1.54, 1.807) is 7.11 Å². The van der Waals surface area contributed by atoms with Gasteiger partial charge >= 0.3 is 0 Å². The lowest BCUT2D eigenvalue weighted by Crippen LogP contribution is -2.24. The Morgan fingerprint density at radius 2 is 2.04 bits per heavy atom. The summed E-state index contributed by atoms with van der Waals surface area (Å²) in [6.07, 6.45) is 0.657. The number of amides is 1. The molecule has 1 atom stereocenters. The number of benzene rings is 1. The minimum absolute atomic E-state index is 0.120. The van der Waals surface area contributed by atoms with Gasteiger partial charge in [0.25, 0.3) is 0 Å². The van der Waals surface area contributed by atoms with Crippen LogP contribution in [0.1, 0.15) is 24.2 Å². The summed E-state index contributed by atoms with van der Waals surface area (Å²) >= 11 is 2.73. The van der Waals surface area contributed by atoms with Gasteiger partial charge in [0.05, 0.1) is 10.9 Å². The summed E-state index contributed by atoms with van der Waals surface area (Å²) in [6, 6.07) is 11.9. The minimum Gasteiger partial charge on any atom is -0.377 e. The zero-order valence-corrected chi connectivity index (χ0v) is 17.5. The van der Waals surface area contributed by atoms with E-state index in [1.165, 1.54) is 23.1 Å². The van der Waals surface area contributed by atoms with Gasteiger partial charge in [-0.3, -0.25) is 10.1 Å². The second kappa shape index (κ2) is 9.72. The van der Waals surface area contributed by atoms with Crippen molar-refractivity contribution in [2.24, 2.45) is 0 Å². The van der Waals surface area contributed by atoms with Gasteiger partial charge in [0.2, 0.25) is 11.0 Å². The van der Waals surface area contributed by atoms with Crippen LogP contribution < -0.4 is 5.32 Å². The highest BCUT2D eigenvalue weighted by Gasteiger charge is 2.21. The van der Waals surface area contributed by atoms with Crippen LogP contribution in [-0.4, -0.2) is 38.4 Å². The van der Waals surface area contributed by atoms with Gasteiger partial charge in [-0.1, -0.05) is 60.4 Å². The Morgan fingerprint density at radius 1 is 1.25 bits per heavy atom. The van der Waals surface area contributed by atoms with E-state index in [0.717, 1.165) is 21.3 Å².